The molecule has 3 nitrogen and oxygen atoms in total. The van der Waals surface area contributed by atoms with Gasteiger partial charge in [0.2, 0.25) is 0 Å². The van der Waals surface area contributed by atoms with E-state index in [9.17, 15) is 4.21 Å². The summed E-state index contributed by atoms with van der Waals surface area (Å²) in [5, 5.41) is 0. The number of fused-ring (bicyclic) bond motifs is 2. The van der Waals surface area contributed by atoms with Gasteiger partial charge >= 0.3 is 0 Å². The molecule has 4 heteroatoms. The van der Waals surface area contributed by atoms with Crippen molar-refractivity contribution in [1.82, 2.24) is 0 Å². The minimum atomic E-state index is -1.12. The SMILES string of the molecule is Cc1cc(C)c2c(c1C)N(CCCN)c1ccccc1S2=O. The number of benzene rings is 2. The van der Waals surface area contributed by atoms with Gasteiger partial charge < -0.3 is 10.6 Å². The smallest absolute Gasteiger partial charge is 0.0895 e. The Labute approximate surface area is 134 Å². The van der Waals surface area contributed by atoms with Gasteiger partial charge in [-0.2, -0.15) is 0 Å². The van der Waals surface area contributed by atoms with Gasteiger partial charge in [0.1, 0.15) is 0 Å². The van der Waals surface area contributed by atoms with Crippen LogP contribution in [0.2, 0.25) is 0 Å². The van der Waals surface area contributed by atoms with Crippen LogP contribution in [0.25, 0.3) is 0 Å². The Morgan fingerprint density at radius 1 is 1.14 bits per heavy atom. The van der Waals surface area contributed by atoms with Crippen molar-refractivity contribution in [2.45, 2.75) is 37.0 Å². The van der Waals surface area contributed by atoms with Crippen LogP contribution in [0.5, 0.6) is 0 Å². The Hall–Kier alpha value is -1.65. The van der Waals surface area contributed by atoms with Crippen molar-refractivity contribution in [3.63, 3.8) is 0 Å². The zero-order valence-corrected chi connectivity index (χ0v) is 14.2. The molecular formula is C18H22N2OS. The van der Waals surface area contributed by atoms with Crippen molar-refractivity contribution < 1.29 is 4.21 Å². The van der Waals surface area contributed by atoms with Crippen molar-refractivity contribution in [2.24, 2.45) is 5.73 Å². The summed E-state index contributed by atoms with van der Waals surface area (Å²) in [6.45, 7) is 7.79. The molecule has 0 saturated carbocycles. The minimum absolute atomic E-state index is 0.654. The van der Waals surface area contributed by atoms with Crippen LogP contribution < -0.4 is 10.6 Å². The molecule has 1 heterocycles. The summed E-state index contributed by atoms with van der Waals surface area (Å²) in [6, 6.07) is 10.1. The van der Waals surface area contributed by atoms with Gasteiger partial charge in [0.15, 0.2) is 0 Å². The minimum Gasteiger partial charge on any atom is -0.339 e. The molecule has 0 radical (unpaired) electrons. The molecule has 116 valence electrons. The fourth-order valence-electron chi connectivity index (χ4n) is 3.15. The third-order valence-corrected chi connectivity index (χ3v) is 5.98. The zero-order valence-electron chi connectivity index (χ0n) is 13.3. The number of nitrogens with two attached hydrogens (primary N) is 1. The molecule has 22 heavy (non-hydrogen) atoms. The fourth-order valence-corrected chi connectivity index (χ4v) is 4.73. The highest BCUT2D eigenvalue weighted by atomic mass is 32.2. The summed E-state index contributed by atoms with van der Waals surface area (Å²) in [5.74, 6) is 0. The maximum absolute atomic E-state index is 13.1. The second-order valence-corrected chi connectivity index (χ2v) is 7.23. The van der Waals surface area contributed by atoms with Gasteiger partial charge in [0.05, 0.1) is 32.0 Å². The third kappa shape index (κ3) is 2.27. The van der Waals surface area contributed by atoms with Gasteiger partial charge in [-0.1, -0.05) is 18.2 Å². The van der Waals surface area contributed by atoms with E-state index in [4.69, 9.17) is 5.73 Å². The summed E-state index contributed by atoms with van der Waals surface area (Å²) in [5.41, 5.74) is 11.4. The second-order valence-electron chi connectivity index (χ2n) is 5.84. The first-order valence-electron chi connectivity index (χ1n) is 7.65. The number of para-hydroxylation sites is 1. The molecule has 1 atom stereocenters. The van der Waals surface area contributed by atoms with E-state index in [1.165, 1.54) is 11.1 Å². The lowest BCUT2D eigenvalue weighted by Crippen LogP contribution is -2.28. The highest BCUT2D eigenvalue weighted by Crippen LogP contribution is 2.45. The molecule has 0 saturated heterocycles. The second kappa shape index (κ2) is 5.86. The number of nitrogens with zero attached hydrogens (tertiary/aromatic N) is 1. The maximum atomic E-state index is 13.1. The Morgan fingerprint density at radius 3 is 2.59 bits per heavy atom. The molecule has 2 N–H and O–H groups in total. The number of hydrogen-bond donors (Lipinski definition) is 1. The predicted molar refractivity (Wildman–Crippen MR) is 92.4 cm³/mol. The Bertz CT molecular complexity index is 755. The molecule has 0 fully saturated rings. The molecule has 2 aromatic carbocycles. The van der Waals surface area contributed by atoms with Crippen molar-refractivity contribution in [3.05, 3.63) is 47.0 Å². The predicted octanol–water partition coefficient (Wildman–Crippen LogP) is 3.58. The van der Waals surface area contributed by atoms with E-state index >= 15 is 0 Å². The number of aryl methyl sites for hydroxylation is 2. The highest BCUT2D eigenvalue weighted by Gasteiger charge is 2.30. The molecule has 0 aromatic heterocycles. The van der Waals surface area contributed by atoms with Crippen LogP contribution >= 0.6 is 0 Å². The van der Waals surface area contributed by atoms with E-state index in [2.05, 4.69) is 37.8 Å². The summed E-state index contributed by atoms with van der Waals surface area (Å²) in [6.07, 6.45) is 0.910. The molecule has 0 bridgehead atoms. The first-order valence-corrected chi connectivity index (χ1v) is 8.80. The average molecular weight is 314 g/mol. The van der Waals surface area contributed by atoms with Crippen molar-refractivity contribution in [1.29, 1.82) is 0 Å². The Kier molecular flexibility index (Phi) is 4.06. The molecule has 1 unspecified atom stereocenters. The summed E-state index contributed by atoms with van der Waals surface area (Å²) in [7, 11) is -1.12. The summed E-state index contributed by atoms with van der Waals surface area (Å²) >= 11 is 0. The lowest BCUT2D eigenvalue weighted by atomic mass is 10.0. The number of anilines is 2. The van der Waals surface area contributed by atoms with Crippen LogP contribution in [0, 0.1) is 20.8 Å². The largest absolute Gasteiger partial charge is 0.339 e. The van der Waals surface area contributed by atoms with Crippen LogP contribution in [0.1, 0.15) is 23.1 Å². The quantitative estimate of drug-likeness (QED) is 0.942. The van der Waals surface area contributed by atoms with Crippen LogP contribution in [0.4, 0.5) is 11.4 Å². The van der Waals surface area contributed by atoms with Crippen LogP contribution in [0.15, 0.2) is 40.1 Å². The molecular weight excluding hydrogens is 292 g/mol. The van der Waals surface area contributed by atoms with E-state index in [1.807, 2.05) is 18.2 Å². The third-order valence-electron chi connectivity index (χ3n) is 4.35. The van der Waals surface area contributed by atoms with Crippen molar-refractivity contribution >= 4 is 22.2 Å². The summed E-state index contributed by atoms with van der Waals surface area (Å²) < 4.78 is 13.1. The van der Waals surface area contributed by atoms with E-state index in [0.717, 1.165) is 39.7 Å². The Balaban J connectivity index is 2.29. The van der Waals surface area contributed by atoms with Crippen LogP contribution in [0.3, 0.4) is 0 Å². The molecule has 2 aromatic rings. The van der Waals surface area contributed by atoms with Gasteiger partial charge in [0, 0.05) is 6.54 Å². The van der Waals surface area contributed by atoms with Crippen LogP contribution in [-0.2, 0) is 10.8 Å². The average Bonchev–Trinajstić information content (AvgIpc) is 2.51. The van der Waals surface area contributed by atoms with Gasteiger partial charge in [-0.15, -0.1) is 0 Å². The van der Waals surface area contributed by atoms with Gasteiger partial charge in [-0.3, -0.25) is 0 Å². The molecule has 0 aliphatic carbocycles. The monoisotopic (exact) mass is 314 g/mol. The van der Waals surface area contributed by atoms with Gasteiger partial charge in [-0.05, 0) is 62.6 Å². The first-order chi connectivity index (χ1) is 10.6. The van der Waals surface area contributed by atoms with Crippen molar-refractivity contribution in [2.75, 3.05) is 18.0 Å². The highest BCUT2D eigenvalue weighted by molar-refractivity contribution is 7.85. The number of hydrogen-bond acceptors (Lipinski definition) is 3. The molecule has 1 aliphatic rings. The van der Waals surface area contributed by atoms with E-state index < -0.39 is 10.8 Å². The van der Waals surface area contributed by atoms with Crippen molar-refractivity contribution in [3.8, 4) is 0 Å². The molecule has 1 aliphatic heterocycles. The summed E-state index contributed by atoms with van der Waals surface area (Å²) in [4.78, 5) is 4.16. The lowest BCUT2D eigenvalue weighted by Gasteiger charge is -2.35. The molecule has 3 rings (SSSR count). The van der Waals surface area contributed by atoms with E-state index in [-0.39, 0.29) is 0 Å². The molecule has 0 amide bonds. The molecule has 0 spiro atoms. The number of rotatable bonds is 3. The maximum Gasteiger partial charge on any atom is 0.0895 e. The normalized spacial score (nSPS) is 16.4. The standard InChI is InChI=1S/C18H22N2OS/c1-12-11-13(2)18-17(14(12)3)20(10-6-9-19)15-7-4-5-8-16(15)22(18)21/h4-5,7-8,11H,6,9-10,19H2,1-3H3. The van der Waals surface area contributed by atoms with E-state index in [1.54, 1.807) is 0 Å². The Morgan fingerprint density at radius 2 is 1.86 bits per heavy atom. The first kappa shape index (κ1) is 15.3. The van der Waals surface area contributed by atoms with Gasteiger partial charge in [-0.25, -0.2) is 4.21 Å². The zero-order chi connectivity index (χ0) is 15.9. The lowest BCUT2D eigenvalue weighted by molar-refractivity contribution is 0.679. The van der Waals surface area contributed by atoms with Crippen LogP contribution in [-0.4, -0.2) is 17.3 Å². The topological polar surface area (TPSA) is 46.3 Å². The fraction of sp³-hybridized carbons (Fsp3) is 0.333. The van der Waals surface area contributed by atoms with E-state index in [0.29, 0.717) is 6.54 Å². The van der Waals surface area contributed by atoms with Gasteiger partial charge in [0.25, 0.3) is 0 Å².